The Morgan fingerprint density at radius 1 is 1.19 bits per heavy atom. The lowest BCUT2D eigenvalue weighted by Gasteiger charge is -2.27. The zero-order valence-corrected chi connectivity index (χ0v) is 9.80. The molecule has 3 heteroatoms. The van der Waals surface area contributed by atoms with E-state index in [2.05, 4.69) is 10.2 Å². The van der Waals surface area contributed by atoms with Crippen molar-refractivity contribution in [2.45, 2.75) is 19.8 Å². The normalized spacial score (nSPS) is 18.0. The molecule has 0 saturated carbocycles. The van der Waals surface area contributed by atoms with Crippen molar-refractivity contribution in [3.05, 3.63) is 29.6 Å². The monoisotopic (exact) mass is 222 g/mol. The van der Waals surface area contributed by atoms with Crippen molar-refractivity contribution in [1.29, 1.82) is 0 Å². The maximum atomic E-state index is 13.8. The van der Waals surface area contributed by atoms with Crippen molar-refractivity contribution < 1.29 is 4.39 Å². The molecule has 1 fully saturated rings. The zero-order valence-electron chi connectivity index (χ0n) is 9.80. The van der Waals surface area contributed by atoms with Crippen LogP contribution in [0.2, 0.25) is 0 Å². The van der Waals surface area contributed by atoms with Crippen molar-refractivity contribution in [2.75, 3.05) is 31.1 Å². The summed E-state index contributed by atoms with van der Waals surface area (Å²) in [4.78, 5) is 2.16. The third kappa shape index (κ3) is 2.73. The highest BCUT2D eigenvalue weighted by molar-refractivity contribution is 5.49. The predicted molar refractivity (Wildman–Crippen MR) is 65.5 cm³/mol. The summed E-state index contributed by atoms with van der Waals surface area (Å²) in [6.07, 6.45) is 2.15. The second-order valence-corrected chi connectivity index (χ2v) is 4.40. The van der Waals surface area contributed by atoms with Crippen LogP contribution in [0.25, 0.3) is 0 Å². The molecule has 2 nitrogen and oxygen atoms in total. The van der Waals surface area contributed by atoms with Gasteiger partial charge in [0.1, 0.15) is 5.82 Å². The molecule has 0 unspecified atom stereocenters. The lowest BCUT2D eigenvalue weighted by Crippen LogP contribution is -2.34. The van der Waals surface area contributed by atoms with E-state index in [4.69, 9.17) is 0 Å². The standard InChI is InChI=1S/C13H19FN2/c1-11-4-5-13(12(14)10-11)16-8-2-6-15-7-3-9-16/h4-5,10,15H,2-3,6-9H2,1H3. The van der Waals surface area contributed by atoms with Gasteiger partial charge in [-0.2, -0.15) is 0 Å². The van der Waals surface area contributed by atoms with Gasteiger partial charge in [-0.3, -0.25) is 0 Å². The third-order valence-corrected chi connectivity index (χ3v) is 3.01. The first kappa shape index (κ1) is 11.4. The minimum absolute atomic E-state index is 0.0893. The van der Waals surface area contributed by atoms with Crippen LogP contribution in [0.5, 0.6) is 0 Å². The molecular formula is C13H19FN2. The summed E-state index contributed by atoms with van der Waals surface area (Å²) in [5, 5.41) is 3.36. The average Bonchev–Trinajstić information content (AvgIpc) is 2.19. The van der Waals surface area contributed by atoms with Gasteiger partial charge in [0.25, 0.3) is 0 Å². The Morgan fingerprint density at radius 2 is 1.88 bits per heavy atom. The Kier molecular flexibility index (Phi) is 3.78. The van der Waals surface area contributed by atoms with Crippen LogP contribution in [-0.4, -0.2) is 26.2 Å². The van der Waals surface area contributed by atoms with Crippen molar-refractivity contribution >= 4 is 5.69 Å². The number of nitrogens with one attached hydrogen (secondary N) is 1. The number of hydrogen-bond acceptors (Lipinski definition) is 2. The molecule has 0 aliphatic carbocycles. The quantitative estimate of drug-likeness (QED) is 0.784. The maximum absolute atomic E-state index is 13.8. The molecule has 1 aliphatic heterocycles. The molecule has 16 heavy (non-hydrogen) atoms. The van der Waals surface area contributed by atoms with Crippen LogP contribution in [0.15, 0.2) is 18.2 Å². The maximum Gasteiger partial charge on any atom is 0.146 e. The van der Waals surface area contributed by atoms with Gasteiger partial charge >= 0.3 is 0 Å². The summed E-state index contributed by atoms with van der Waals surface area (Å²) >= 11 is 0. The van der Waals surface area contributed by atoms with E-state index < -0.39 is 0 Å². The van der Waals surface area contributed by atoms with Crippen LogP contribution in [-0.2, 0) is 0 Å². The van der Waals surface area contributed by atoms with Crippen LogP contribution in [0.4, 0.5) is 10.1 Å². The lowest BCUT2D eigenvalue weighted by atomic mass is 10.2. The van der Waals surface area contributed by atoms with Crippen molar-refractivity contribution in [1.82, 2.24) is 5.32 Å². The molecular weight excluding hydrogens is 203 g/mol. The van der Waals surface area contributed by atoms with Crippen LogP contribution in [0, 0.1) is 12.7 Å². The Labute approximate surface area is 96.5 Å². The van der Waals surface area contributed by atoms with Gasteiger partial charge in [0, 0.05) is 13.1 Å². The van der Waals surface area contributed by atoms with E-state index in [9.17, 15) is 4.39 Å². The van der Waals surface area contributed by atoms with Gasteiger partial charge in [-0.1, -0.05) is 6.07 Å². The molecule has 1 saturated heterocycles. The van der Waals surface area contributed by atoms with Crippen LogP contribution in [0.3, 0.4) is 0 Å². The van der Waals surface area contributed by atoms with Gasteiger partial charge in [-0.05, 0) is 50.6 Å². The highest BCUT2D eigenvalue weighted by Crippen LogP contribution is 2.21. The van der Waals surface area contributed by atoms with Crippen molar-refractivity contribution in [3.63, 3.8) is 0 Å². The van der Waals surface area contributed by atoms with Crippen LogP contribution in [0.1, 0.15) is 18.4 Å². The first-order chi connectivity index (χ1) is 7.77. The largest absolute Gasteiger partial charge is 0.369 e. The van der Waals surface area contributed by atoms with Gasteiger partial charge in [-0.15, -0.1) is 0 Å². The van der Waals surface area contributed by atoms with Crippen LogP contribution < -0.4 is 10.2 Å². The van der Waals surface area contributed by atoms with E-state index in [1.54, 1.807) is 6.07 Å². The topological polar surface area (TPSA) is 15.3 Å². The Hall–Kier alpha value is -1.09. The number of hydrogen-bond donors (Lipinski definition) is 1. The fraction of sp³-hybridized carbons (Fsp3) is 0.538. The summed E-state index contributed by atoms with van der Waals surface area (Å²) in [5.74, 6) is -0.0893. The first-order valence-corrected chi connectivity index (χ1v) is 5.99. The highest BCUT2D eigenvalue weighted by atomic mass is 19.1. The smallest absolute Gasteiger partial charge is 0.146 e. The summed E-state index contributed by atoms with van der Waals surface area (Å²) in [7, 11) is 0. The molecule has 0 spiro atoms. The molecule has 0 amide bonds. The molecule has 0 bridgehead atoms. The highest BCUT2D eigenvalue weighted by Gasteiger charge is 2.12. The molecule has 88 valence electrons. The number of benzene rings is 1. The van der Waals surface area contributed by atoms with E-state index >= 15 is 0 Å². The van der Waals surface area contributed by atoms with Crippen LogP contribution >= 0.6 is 0 Å². The minimum atomic E-state index is -0.0893. The van der Waals surface area contributed by atoms with E-state index in [0.29, 0.717) is 0 Å². The van der Waals surface area contributed by atoms with E-state index in [-0.39, 0.29) is 5.82 Å². The number of nitrogens with zero attached hydrogens (tertiary/aromatic N) is 1. The molecule has 1 aromatic rings. The molecule has 2 rings (SSSR count). The molecule has 1 heterocycles. The predicted octanol–water partition coefficient (Wildman–Crippen LogP) is 2.32. The lowest BCUT2D eigenvalue weighted by molar-refractivity contribution is 0.554. The van der Waals surface area contributed by atoms with E-state index in [1.807, 2.05) is 19.1 Å². The van der Waals surface area contributed by atoms with Gasteiger partial charge in [0.15, 0.2) is 0 Å². The Morgan fingerprint density at radius 3 is 2.50 bits per heavy atom. The van der Waals surface area contributed by atoms with Gasteiger partial charge in [-0.25, -0.2) is 4.39 Å². The number of halogens is 1. The minimum Gasteiger partial charge on any atom is -0.369 e. The Balaban J connectivity index is 2.14. The van der Waals surface area contributed by atoms with Gasteiger partial charge < -0.3 is 10.2 Å². The summed E-state index contributed by atoms with van der Waals surface area (Å²) in [6.45, 7) is 5.86. The zero-order chi connectivity index (χ0) is 11.4. The first-order valence-electron chi connectivity index (χ1n) is 5.99. The fourth-order valence-electron chi connectivity index (χ4n) is 2.14. The SMILES string of the molecule is Cc1ccc(N2CCCNCCC2)c(F)c1. The van der Waals surface area contributed by atoms with Gasteiger partial charge in [0.05, 0.1) is 5.69 Å². The second-order valence-electron chi connectivity index (χ2n) is 4.40. The number of anilines is 1. The number of rotatable bonds is 1. The summed E-state index contributed by atoms with van der Waals surface area (Å²) < 4.78 is 13.8. The summed E-state index contributed by atoms with van der Waals surface area (Å²) in [6, 6.07) is 5.50. The molecule has 1 aliphatic rings. The van der Waals surface area contributed by atoms with Gasteiger partial charge in [0.2, 0.25) is 0 Å². The fourth-order valence-corrected chi connectivity index (χ4v) is 2.14. The molecule has 1 N–H and O–H groups in total. The molecule has 0 radical (unpaired) electrons. The van der Waals surface area contributed by atoms with E-state index in [1.165, 1.54) is 0 Å². The molecule has 0 aromatic heterocycles. The third-order valence-electron chi connectivity index (χ3n) is 3.01. The average molecular weight is 222 g/mol. The van der Waals surface area contributed by atoms with Crippen molar-refractivity contribution in [2.24, 2.45) is 0 Å². The Bertz CT molecular complexity index is 344. The van der Waals surface area contributed by atoms with E-state index in [0.717, 1.165) is 50.3 Å². The van der Waals surface area contributed by atoms with Crippen molar-refractivity contribution in [3.8, 4) is 0 Å². The second kappa shape index (κ2) is 5.30. The molecule has 1 aromatic carbocycles. The molecule has 0 atom stereocenters. The summed E-state index contributed by atoms with van der Waals surface area (Å²) in [5.41, 5.74) is 1.74. The number of aryl methyl sites for hydroxylation is 1.